The summed E-state index contributed by atoms with van der Waals surface area (Å²) in [5, 5.41) is 5.01. The van der Waals surface area contributed by atoms with Gasteiger partial charge in [-0.15, -0.1) is 0 Å². The van der Waals surface area contributed by atoms with E-state index in [0.717, 1.165) is 61.7 Å². The normalized spacial score (nSPS) is 22.4. The van der Waals surface area contributed by atoms with E-state index in [0.29, 0.717) is 16.9 Å². The minimum atomic E-state index is 0.246. The van der Waals surface area contributed by atoms with Gasteiger partial charge in [-0.1, -0.05) is 28.9 Å². The molecule has 2 N–H and O–H groups in total. The van der Waals surface area contributed by atoms with Crippen LogP contribution >= 0.6 is 11.6 Å². The number of halogens is 1. The Morgan fingerprint density at radius 3 is 2.86 bits per heavy atom. The average molecular weight is 411 g/mol. The summed E-state index contributed by atoms with van der Waals surface area (Å²) in [5.41, 5.74) is 7.85. The second-order valence-corrected chi connectivity index (χ2v) is 8.11. The lowest BCUT2D eigenvalue weighted by molar-refractivity contribution is 0.0558. The van der Waals surface area contributed by atoms with Crippen molar-refractivity contribution in [1.29, 1.82) is 0 Å². The number of nitrogens with two attached hydrogens (primary N) is 1. The number of rotatable bonds is 3. The van der Waals surface area contributed by atoms with Crippen molar-refractivity contribution in [3.05, 3.63) is 53.5 Å². The van der Waals surface area contributed by atoms with Gasteiger partial charge in [0, 0.05) is 54.7 Å². The largest absolute Gasteiger partial charge is 0.381 e. The molecule has 8 heteroatoms. The number of piperidine rings is 1. The number of nitrogens with zero attached hydrogens (tertiary/aromatic N) is 5. The fourth-order valence-electron chi connectivity index (χ4n) is 4.56. The summed E-state index contributed by atoms with van der Waals surface area (Å²) in [6.45, 7) is 2.69. The molecule has 2 aromatic heterocycles. The Kier molecular flexibility index (Phi) is 4.85. The minimum absolute atomic E-state index is 0.246. The SMILES string of the molecule is Nc1nccnc1N1CCN2C(CCCC2c2cc(-c3cccc(Cl)c3)no2)C1. The molecule has 2 aliphatic rings. The van der Waals surface area contributed by atoms with E-state index in [2.05, 4.69) is 31.0 Å². The van der Waals surface area contributed by atoms with Gasteiger partial charge in [0.25, 0.3) is 0 Å². The molecule has 0 spiro atoms. The zero-order chi connectivity index (χ0) is 19.8. The van der Waals surface area contributed by atoms with Crippen LogP contribution in [0.25, 0.3) is 11.3 Å². The summed E-state index contributed by atoms with van der Waals surface area (Å²) < 4.78 is 5.79. The predicted molar refractivity (Wildman–Crippen MR) is 113 cm³/mol. The summed E-state index contributed by atoms with van der Waals surface area (Å²) in [6, 6.07) is 10.4. The predicted octanol–water partition coefficient (Wildman–Crippen LogP) is 3.78. The first kappa shape index (κ1) is 18.4. The number of hydrogen-bond acceptors (Lipinski definition) is 7. The summed E-state index contributed by atoms with van der Waals surface area (Å²) >= 11 is 6.13. The van der Waals surface area contributed by atoms with Crippen molar-refractivity contribution in [2.45, 2.75) is 31.3 Å². The Labute approximate surface area is 174 Å². The van der Waals surface area contributed by atoms with Crippen LogP contribution in [0.1, 0.15) is 31.1 Å². The maximum Gasteiger partial charge on any atom is 0.171 e. The molecule has 5 rings (SSSR count). The molecule has 150 valence electrons. The first-order chi connectivity index (χ1) is 14.2. The number of piperazine rings is 1. The summed E-state index contributed by atoms with van der Waals surface area (Å²) in [5.74, 6) is 2.21. The van der Waals surface area contributed by atoms with Crippen LogP contribution in [0.3, 0.4) is 0 Å². The number of fused-ring (bicyclic) bond motifs is 1. The minimum Gasteiger partial charge on any atom is -0.381 e. The molecule has 2 unspecified atom stereocenters. The molecular weight excluding hydrogens is 388 g/mol. The van der Waals surface area contributed by atoms with Gasteiger partial charge < -0.3 is 15.2 Å². The lowest BCUT2D eigenvalue weighted by Gasteiger charge is -2.47. The topological polar surface area (TPSA) is 84.3 Å². The van der Waals surface area contributed by atoms with Crippen molar-refractivity contribution in [2.24, 2.45) is 0 Å². The Bertz CT molecular complexity index is 1010. The zero-order valence-electron chi connectivity index (χ0n) is 16.0. The Morgan fingerprint density at radius 1 is 1.10 bits per heavy atom. The molecule has 2 fully saturated rings. The second kappa shape index (κ2) is 7.65. The van der Waals surface area contributed by atoms with Crippen LogP contribution in [0.15, 0.2) is 47.2 Å². The summed E-state index contributed by atoms with van der Waals surface area (Å²) in [6.07, 6.45) is 6.72. The van der Waals surface area contributed by atoms with Gasteiger partial charge in [-0.05, 0) is 31.4 Å². The molecule has 2 atom stereocenters. The molecule has 0 aliphatic carbocycles. The standard InChI is InChI=1S/C21H23ClN6O/c22-15-4-1-3-14(11-15)17-12-19(29-26-17)18-6-2-5-16-13-27(9-10-28(16)18)21-20(23)24-7-8-25-21/h1,3-4,7-8,11-12,16,18H,2,5-6,9-10,13H2,(H2,23,24). The number of nitrogen functional groups attached to an aromatic ring is 1. The number of benzene rings is 1. The lowest BCUT2D eigenvalue weighted by Crippen LogP contribution is -2.56. The lowest BCUT2D eigenvalue weighted by atomic mass is 9.91. The molecule has 29 heavy (non-hydrogen) atoms. The molecule has 0 radical (unpaired) electrons. The van der Waals surface area contributed by atoms with E-state index in [9.17, 15) is 0 Å². The smallest absolute Gasteiger partial charge is 0.171 e. The Balaban J connectivity index is 1.35. The van der Waals surface area contributed by atoms with Gasteiger partial charge in [-0.25, -0.2) is 9.97 Å². The number of anilines is 2. The molecule has 0 saturated carbocycles. The third-order valence-corrected chi connectivity index (χ3v) is 6.16. The van der Waals surface area contributed by atoms with Crippen LogP contribution in [0.5, 0.6) is 0 Å². The van der Waals surface area contributed by atoms with Gasteiger partial charge in [-0.2, -0.15) is 0 Å². The van der Waals surface area contributed by atoms with Crippen molar-refractivity contribution in [2.75, 3.05) is 30.3 Å². The van der Waals surface area contributed by atoms with E-state index >= 15 is 0 Å². The van der Waals surface area contributed by atoms with Crippen molar-refractivity contribution in [3.8, 4) is 11.3 Å². The molecule has 7 nitrogen and oxygen atoms in total. The maximum absolute atomic E-state index is 6.13. The van der Waals surface area contributed by atoms with E-state index in [1.54, 1.807) is 12.4 Å². The van der Waals surface area contributed by atoms with Gasteiger partial charge in [0.05, 0.1) is 6.04 Å². The van der Waals surface area contributed by atoms with E-state index in [1.165, 1.54) is 0 Å². The molecule has 2 saturated heterocycles. The maximum atomic E-state index is 6.13. The molecule has 2 aliphatic heterocycles. The summed E-state index contributed by atoms with van der Waals surface area (Å²) in [7, 11) is 0. The van der Waals surface area contributed by atoms with Gasteiger partial charge in [0.2, 0.25) is 0 Å². The van der Waals surface area contributed by atoms with Crippen molar-refractivity contribution in [1.82, 2.24) is 20.0 Å². The molecule has 3 aromatic rings. The van der Waals surface area contributed by atoms with Gasteiger partial charge >= 0.3 is 0 Å². The van der Waals surface area contributed by atoms with Crippen molar-refractivity contribution >= 4 is 23.2 Å². The quantitative estimate of drug-likeness (QED) is 0.703. The van der Waals surface area contributed by atoms with E-state index in [-0.39, 0.29) is 6.04 Å². The fourth-order valence-corrected chi connectivity index (χ4v) is 4.75. The molecular formula is C21H23ClN6O. The number of aromatic nitrogens is 3. The monoisotopic (exact) mass is 410 g/mol. The Hall–Kier alpha value is -2.64. The second-order valence-electron chi connectivity index (χ2n) is 7.67. The highest BCUT2D eigenvalue weighted by atomic mass is 35.5. The van der Waals surface area contributed by atoms with Gasteiger partial charge in [0.1, 0.15) is 5.69 Å². The van der Waals surface area contributed by atoms with Crippen LogP contribution in [0.4, 0.5) is 11.6 Å². The van der Waals surface area contributed by atoms with E-state index in [1.807, 2.05) is 24.3 Å². The van der Waals surface area contributed by atoms with E-state index in [4.69, 9.17) is 21.9 Å². The Morgan fingerprint density at radius 2 is 2.00 bits per heavy atom. The first-order valence-electron chi connectivity index (χ1n) is 9.99. The molecule has 4 heterocycles. The zero-order valence-corrected chi connectivity index (χ0v) is 16.8. The fraction of sp³-hybridized carbons (Fsp3) is 0.381. The number of hydrogen-bond donors (Lipinski definition) is 1. The van der Waals surface area contributed by atoms with Crippen LogP contribution in [0.2, 0.25) is 5.02 Å². The highest BCUT2D eigenvalue weighted by Crippen LogP contribution is 2.38. The summed E-state index contributed by atoms with van der Waals surface area (Å²) in [4.78, 5) is 13.4. The first-order valence-corrected chi connectivity index (χ1v) is 10.4. The molecule has 1 aromatic carbocycles. The van der Waals surface area contributed by atoms with Crippen LogP contribution < -0.4 is 10.6 Å². The highest BCUT2D eigenvalue weighted by molar-refractivity contribution is 6.30. The average Bonchev–Trinajstić information content (AvgIpc) is 3.23. The third-order valence-electron chi connectivity index (χ3n) is 5.93. The van der Waals surface area contributed by atoms with Crippen LogP contribution in [-0.4, -0.2) is 45.7 Å². The van der Waals surface area contributed by atoms with Crippen molar-refractivity contribution < 1.29 is 4.52 Å². The van der Waals surface area contributed by atoms with Crippen LogP contribution in [0, 0.1) is 0 Å². The molecule has 0 amide bonds. The van der Waals surface area contributed by atoms with Crippen molar-refractivity contribution in [3.63, 3.8) is 0 Å². The van der Waals surface area contributed by atoms with Crippen LogP contribution in [-0.2, 0) is 0 Å². The third kappa shape index (κ3) is 3.56. The van der Waals surface area contributed by atoms with Gasteiger partial charge in [0.15, 0.2) is 17.4 Å². The highest BCUT2D eigenvalue weighted by Gasteiger charge is 2.38. The van der Waals surface area contributed by atoms with Gasteiger partial charge in [-0.3, -0.25) is 4.90 Å². The van der Waals surface area contributed by atoms with E-state index < -0.39 is 0 Å². The molecule has 0 bridgehead atoms.